The zero-order chi connectivity index (χ0) is 12.2. The molecule has 0 saturated heterocycles. The van der Waals surface area contributed by atoms with Crippen LogP contribution in [0.25, 0.3) is 5.69 Å². The summed E-state index contributed by atoms with van der Waals surface area (Å²) in [6.07, 6.45) is 1.56. The predicted octanol–water partition coefficient (Wildman–Crippen LogP) is 2.12. The Bertz CT molecular complexity index is 719. The van der Waals surface area contributed by atoms with Crippen LogP contribution in [-0.2, 0) is 15.6 Å². The van der Waals surface area contributed by atoms with Gasteiger partial charge in [0.25, 0.3) is 0 Å². The maximum absolute atomic E-state index is 12.1. The van der Waals surface area contributed by atoms with E-state index >= 15 is 0 Å². The number of benzene rings is 1. The Balaban J connectivity index is 2.42. The Labute approximate surface area is 104 Å². The van der Waals surface area contributed by atoms with Crippen LogP contribution in [0, 0.1) is 6.92 Å². The predicted molar refractivity (Wildman–Crippen MR) is 64.2 cm³/mol. The Morgan fingerprint density at radius 3 is 2.94 bits per heavy atom. The lowest BCUT2D eigenvalue weighted by atomic mass is 10.2. The van der Waals surface area contributed by atoms with Crippen LogP contribution in [0.2, 0.25) is 5.15 Å². The normalized spacial score (nSPS) is 16.4. The lowest BCUT2D eigenvalue weighted by Crippen LogP contribution is -2.18. The van der Waals surface area contributed by atoms with Crippen LogP contribution in [0.15, 0.2) is 29.4 Å². The minimum Gasteiger partial charge on any atom is -0.299 e. The Morgan fingerprint density at radius 1 is 1.41 bits per heavy atom. The molecule has 2 heterocycles. The molecule has 1 aliphatic rings. The van der Waals surface area contributed by atoms with Crippen LogP contribution < -0.4 is 0 Å². The number of sulfone groups is 1. The largest absolute Gasteiger partial charge is 0.299 e. The van der Waals surface area contributed by atoms with Crippen molar-refractivity contribution in [2.45, 2.75) is 17.6 Å². The molecule has 6 heteroatoms. The zero-order valence-electron chi connectivity index (χ0n) is 9.01. The third-order valence-corrected chi connectivity index (χ3v) is 4.82. The van der Waals surface area contributed by atoms with E-state index in [0.29, 0.717) is 16.3 Å². The second-order valence-electron chi connectivity index (χ2n) is 4.08. The van der Waals surface area contributed by atoms with Crippen molar-refractivity contribution in [3.63, 3.8) is 0 Å². The molecule has 1 aromatic carbocycles. The van der Waals surface area contributed by atoms with E-state index in [1.54, 1.807) is 23.0 Å². The third-order valence-electron chi connectivity index (χ3n) is 2.85. The Kier molecular flexibility index (Phi) is 2.12. The van der Waals surface area contributed by atoms with Crippen molar-refractivity contribution in [3.8, 4) is 5.69 Å². The monoisotopic (exact) mass is 268 g/mol. The van der Waals surface area contributed by atoms with E-state index in [1.165, 1.54) is 0 Å². The van der Waals surface area contributed by atoms with Gasteiger partial charge in [-0.05, 0) is 24.6 Å². The first-order valence-corrected chi connectivity index (χ1v) is 7.07. The fraction of sp³-hybridized carbons (Fsp3) is 0.182. The van der Waals surface area contributed by atoms with E-state index in [1.807, 2.05) is 13.0 Å². The summed E-state index contributed by atoms with van der Waals surface area (Å²) in [6.45, 7) is 1.87. The maximum Gasteiger partial charge on any atom is 0.186 e. The van der Waals surface area contributed by atoms with Gasteiger partial charge in [-0.3, -0.25) is 4.57 Å². The summed E-state index contributed by atoms with van der Waals surface area (Å²) in [7, 11) is -3.32. The molecule has 0 unspecified atom stereocenters. The maximum atomic E-state index is 12.1. The van der Waals surface area contributed by atoms with E-state index < -0.39 is 9.84 Å². The van der Waals surface area contributed by atoms with E-state index in [0.717, 1.165) is 5.56 Å². The van der Waals surface area contributed by atoms with Crippen LogP contribution in [0.3, 0.4) is 0 Å². The molecule has 0 saturated carbocycles. The molecule has 1 aromatic heterocycles. The van der Waals surface area contributed by atoms with Crippen molar-refractivity contribution in [2.24, 2.45) is 0 Å². The topological polar surface area (TPSA) is 52.0 Å². The lowest BCUT2D eigenvalue weighted by Gasteiger charge is -2.19. The van der Waals surface area contributed by atoms with Crippen LogP contribution in [-0.4, -0.2) is 18.0 Å². The average Bonchev–Trinajstić information content (AvgIpc) is 2.60. The van der Waals surface area contributed by atoms with Gasteiger partial charge in [0.2, 0.25) is 0 Å². The summed E-state index contributed by atoms with van der Waals surface area (Å²) in [5, 5.41) is 0.250. The highest BCUT2D eigenvalue weighted by Gasteiger charge is 2.30. The second-order valence-corrected chi connectivity index (χ2v) is 6.40. The molecule has 2 aromatic rings. The molecule has 0 bridgehead atoms. The number of imidazole rings is 1. The van der Waals surface area contributed by atoms with Gasteiger partial charge in [0.1, 0.15) is 6.33 Å². The molecule has 0 atom stereocenters. The first-order valence-electron chi connectivity index (χ1n) is 5.04. The molecule has 0 amide bonds. The van der Waals surface area contributed by atoms with Gasteiger partial charge in [-0.1, -0.05) is 17.7 Å². The fourth-order valence-corrected chi connectivity index (χ4v) is 3.94. The molecule has 17 heavy (non-hydrogen) atoms. The molecule has 0 radical (unpaired) electrons. The van der Waals surface area contributed by atoms with Gasteiger partial charge in [-0.2, -0.15) is 0 Å². The highest BCUT2D eigenvalue weighted by Crippen LogP contribution is 2.33. The lowest BCUT2D eigenvalue weighted by molar-refractivity contribution is 0.590. The highest BCUT2D eigenvalue weighted by molar-refractivity contribution is 7.90. The van der Waals surface area contributed by atoms with Crippen LogP contribution >= 0.6 is 11.6 Å². The fourth-order valence-electron chi connectivity index (χ4n) is 2.02. The average molecular weight is 269 g/mol. The minimum atomic E-state index is -3.32. The van der Waals surface area contributed by atoms with Crippen LogP contribution in [0.4, 0.5) is 0 Å². The summed E-state index contributed by atoms with van der Waals surface area (Å²) in [6, 6.07) is 5.34. The van der Waals surface area contributed by atoms with E-state index in [4.69, 9.17) is 11.6 Å². The van der Waals surface area contributed by atoms with Gasteiger partial charge in [0.05, 0.1) is 22.0 Å². The third kappa shape index (κ3) is 1.50. The minimum absolute atomic E-state index is 0.0950. The van der Waals surface area contributed by atoms with Crippen molar-refractivity contribution in [1.29, 1.82) is 0 Å². The molecule has 4 nitrogen and oxygen atoms in total. The number of nitrogens with zero attached hydrogens (tertiary/aromatic N) is 2. The summed E-state index contributed by atoms with van der Waals surface area (Å²) in [5.74, 6) is -0.0950. The molecule has 88 valence electrons. The van der Waals surface area contributed by atoms with E-state index in [-0.39, 0.29) is 10.9 Å². The SMILES string of the molecule is Cc1ccc2c(c1)S(=O)(=O)Cc1c(Cl)ncn1-2. The van der Waals surface area contributed by atoms with Gasteiger partial charge >= 0.3 is 0 Å². The molecular weight excluding hydrogens is 260 g/mol. The molecule has 0 fully saturated rings. The number of fused-ring (bicyclic) bond motifs is 3. The van der Waals surface area contributed by atoms with Gasteiger partial charge < -0.3 is 0 Å². The first-order chi connectivity index (χ1) is 7.99. The summed E-state index contributed by atoms with van der Waals surface area (Å²) < 4.78 is 26.0. The summed E-state index contributed by atoms with van der Waals surface area (Å²) in [4.78, 5) is 4.30. The van der Waals surface area contributed by atoms with Crippen LogP contribution in [0.1, 0.15) is 11.3 Å². The molecular formula is C11H9ClN2O2S. The number of rotatable bonds is 0. The standard InChI is InChI=1S/C11H9ClN2O2S/c1-7-2-3-8-10(4-7)17(15,16)5-9-11(12)13-6-14(8)9/h2-4,6H,5H2,1H3. The van der Waals surface area contributed by atoms with Crippen molar-refractivity contribution in [2.75, 3.05) is 0 Å². The molecule has 0 aliphatic carbocycles. The van der Waals surface area contributed by atoms with Crippen molar-refractivity contribution >= 4 is 21.4 Å². The van der Waals surface area contributed by atoms with Crippen molar-refractivity contribution in [3.05, 3.63) is 40.9 Å². The quantitative estimate of drug-likeness (QED) is 0.735. The first kappa shape index (κ1) is 10.8. The van der Waals surface area contributed by atoms with Gasteiger partial charge in [0.15, 0.2) is 15.0 Å². The number of aromatic nitrogens is 2. The smallest absolute Gasteiger partial charge is 0.186 e. The van der Waals surface area contributed by atoms with Gasteiger partial charge in [-0.15, -0.1) is 0 Å². The summed E-state index contributed by atoms with van der Waals surface area (Å²) >= 11 is 5.89. The van der Waals surface area contributed by atoms with Crippen molar-refractivity contribution in [1.82, 2.24) is 9.55 Å². The number of aryl methyl sites for hydroxylation is 1. The molecule has 3 rings (SSSR count). The Morgan fingerprint density at radius 2 is 2.18 bits per heavy atom. The van der Waals surface area contributed by atoms with E-state index in [9.17, 15) is 8.42 Å². The molecule has 1 aliphatic heterocycles. The number of hydrogen-bond acceptors (Lipinski definition) is 3. The molecule has 0 N–H and O–H groups in total. The van der Waals surface area contributed by atoms with Crippen molar-refractivity contribution < 1.29 is 8.42 Å². The van der Waals surface area contributed by atoms with Gasteiger partial charge in [-0.25, -0.2) is 13.4 Å². The second kappa shape index (κ2) is 3.34. The van der Waals surface area contributed by atoms with Gasteiger partial charge in [0, 0.05) is 0 Å². The van der Waals surface area contributed by atoms with E-state index in [2.05, 4.69) is 4.98 Å². The number of halogens is 1. The zero-order valence-corrected chi connectivity index (χ0v) is 10.6. The summed E-state index contributed by atoms with van der Waals surface area (Å²) in [5.41, 5.74) is 2.07. The van der Waals surface area contributed by atoms with Crippen LogP contribution in [0.5, 0.6) is 0 Å². The number of hydrogen-bond donors (Lipinski definition) is 0. The molecule has 0 spiro atoms. The highest BCUT2D eigenvalue weighted by atomic mass is 35.5. The Hall–Kier alpha value is -1.33.